The highest BCUT2D eigenvalue weighted by molar-refractivity contribution is 6.13. The quantitative estimate of drug-likeness (QED) is 0.128. The van der Waals surface area contributed by atoms with Crippen molar-refractivity contribution in [2.75, 3.05) is 0 Å². The Hall–Kier alpha value is -5.53. The van der Waals surface area contributed by atoms with E-state index in [2.05, 4.69) is 125 Å². The zero-order chi connectivity index (χ0) is 31.4. The van der Waals surface area contributed by atoms with E-state index in [1.807, 2.05) is 37.3 Å². The van der Waals surface area contributed by atoms with Crippen molar-refractivity contribution in [2.45, 2.75) is 13.8 Å². The van der Waals surface area contributed by atoms with Crippen LogP contribution in [0.25, 0.3) is 74.0 Å². The lowest BCUT2D eigenvalue weighted by molar-refractivity contribution is 1.46. The van der Waals surface area contributed by atoms with Crippen molar-refractivity contribution in [3.05, 3.63) is 163 Å². The van der Waals surface area contributed by atoms with Crippen LogP contribution in [0.1, 0.15) is 40.3 Å². The first-order chi connectivity index (χ1) is 21.4. The normalized spacial score (nSPS) is 11.2. The first-order valence-electron chi connectivity index (χ1n) is 14.7. The highest BCUT2D eigenvalue weighted by atomic mass is 14.3. The Morgan fingerprint density at radius 1 is 0.591 bits per heavy atom. The topological polar surface area (TPSA) is 23.9 Å². The lowest BCUT2D eigenvalue weighted by Gasteiger charge is -2.23. The molecule has 0 aliphatic rings. The van der Waals surface area contributed by atoms with Crippen LogP contribution in [0.5, 0.6) is 0 Å². The van der Waals surface area contributed by atoms with E-state index >= 15 is 0 Å². The Kier molecular flexibility index (Phi) is 8.69. The van der Waals surface area contributed by atoms with Gasteiger partial charge in [0.05, 0.1) is 0 Å². The van der Waals surface area contributed by atoms with Gasteiger partial charge >= 0.3 is 0 Å². The first kappa shape index (κ1) is 29.9. The zero-order valence-electron chi connectivity index (χ0n) is 25.6. The van der Waals surface area contributed by atoms with Gasteiger partial charge in [0.15, 0.2) is 0 Å². The van der Waals surface area contributed by atoms with E-state index in [1.165, 1.54) is 11.8 Å². The summed E-state index contributed by atoms with van der Waals surface area (Å²) < 4.78 is 0. The monoisotopic (exact) mass is 567 g/mol. The minimum absolute atomic E-state index is 0.823. The van der Waals surface area contributed by atoms with E-state index in [9.17, 15) is 0 Å². The van der Waals surface area contributed by atoms with Crippen molar-refractivity contribution in [3.63, 3.8) is 0 Å². The molecule has 0 spiro atoms. The molecule has 5 aromatic carbocycles. The highest BCUT2D eigenvalue weighted by Gasteiger charge is 2.21. The SMILES string of the molecule is C=Cc1c(-c2ccc(C)cc2)ccc(-c2c(C=C)c(C=C)c(-c3ccc(/C(C=N)=C/C(=C)C)cc3)c3ccccc23)c1C=C. The van der Waals surface area contributed by atoms with E-state index in [4.69, 9.17) is 5.41 Å². The zero-order valence-corrected chi connectivity index (χ0v) is 25.6. The van der Waals surface area contributed by atoms with Gasteiger partial charge in [0, 0.05) is 6.21 Å². The number of benzene rings is 5. The Morgan fingerprint density at radius 3 is 1.64 bits per heavy atom. The van der Waals surface area contributed by atoms with Crippen LogP contribution in [-0.2, 0) is 0 Å². The Labute approximate surface area is 261 Å². The van der Waals surface area contributed by atoms with E-state index in [0.717, 1.165) is 83.1 Å². The highest BCUT2D eigenvalue weighted by Crippen LogP contribution is 2.46. The van der Waals surface area contributed by atoms with Gasteiger partial charge in [-0.15, -0.1) is 0 Å². The van der Waals surface area contributed by atoms with Crippen molar-refractivity contribution in [3.8, 4) is 33.4 Å². The third kappa shape index (κ3) is 5.37. The van der Waals surface area contributed by atoms with Gasteiger partial charge in [0.25, 0.3) is 0 Å². The summed E-state index contributed by atoms with van der Waals surface area (Å²) in [7, 11) is 0. The molecule has 0 aromatic heterocycles. The summed E-state index contributed by atoms with van der Waals surface area (Å²) in [6.07, 6.45) is 11.0. The van der Waals surface area contributed by atoms with Crippen molar-refractivity contribution >= 4 is 46.9 Å². The van der Waals surface area contributed by atoms with Gasteiger partial charge in [-0.05, 0) is 91.4 Å². The van der Waals surface area contributed by atoms with Crippen LogP contribution in [0.3, 0.4) is 0 Å². The number of rotatable bonds is 10. The summed E-state index contributed by atoms with van der Waals surface area (Å²) in [5.74, 6) is 0. The van der Waals surface area contributed by atoms with Crippen LogP contribution in [0, 0.1) is 12.3 Å². The molecule has 0 aliphatic carbocycles. The number of hydrogen-bond donors (Lipinski definition) is 1. The van der Waals surface area contributed by atoms with Crippen LogP contribution >= 0.6 is 0 Å². The molecular weight excluding hydrogens is 530 g/mol. The predicted octanol–water partition coefficient (Wildman–Crippen LogP) is 12.3. The molecular formula is C43H37N. The third-order valence-electron chi connectivity index (χ3n) is 8.09. The molecule has 0 fully saturated rings. The average Bonchev–Trinajstić information content (AvgIpc) is 3.05. The number of nitrogens with one attached hydrogen (secondary N) is 1. The van der Waals surface area contributed by atoms with Crippen molar-refractivity contribution < 1.29 is 0 Å². The average molecular weight is 568 g/mol. The van der Waals surface area contributed by atoms with Gasteiger partial charge in [-0.25, -0.2) is 0 Å². The summed E-state index contributed by atoms with van der Waals surface area (Å²) in [4.78, 5) is 0. The lowest BCUT2D eigenvalue weighted by Crippen LogP contribution is -1.99. The van der Waals surface area contributed by atoms with Crippen LogP contribution in [0.4, 0.5) is 0 Å². The van der Waals surface area contributed by atoms with Gasteiger partial charge in [-0.1, -0.05) is 159 Å². The van der Waals surface area contributed by atoms with Crippen molar-refractivity contribution in [1.29, 1.82) is 5.41 Å². The molecule has 214 valence electrons. The molecule has 0 amide bonds. The molecule has 0 atom stereocenters. The molecule has 0 saturated carbocycles. The summed E-state index contributed by atoms with van der Waals surface area (Å²) >= 11 is 0. The molecule has 1 nitrogen and oxygen atoms in total. The van der Waals surface area contributed by atoms with E-state index in [-0.39, 0.29) is 0 Å². The standard InChI is InChI=1S/C43H37N/c1-8-34-35(9-2)41(25-24-38(34)31-18-16-29(7)17-19-31)43-37(11-4)36(10-3)42(39-14-12-13-15-40(39)43)32-22-20-30(21-23-32)33(27-44)26-28(5)6/h8-27,44H,1-5H2,6-7H3/b33-26+,44-27?. The minimum atomic E-state index is 0.823. The van der Waals surface area contributed by atoms with Gasteiger partial charge < -0.3 is 5.41 Å². The second-order valence-corrected chi connectivity index (χ2v) is 11.0. The van der Waals surface area contributed by atoms with Gasteiger partial charge in [0.1, 0.15) is 0 Å². The number of fused-ring (bicyclic) bond motifs is 1. The molecule has 5 rings (SSSR count). The maximum Gasteiger partial charge on any atom is 0.0256 e. The molecule has 0 heterocycles. The molecule has 0 bridgehead atoms. The molecule has 0 aliphatic heterocycles. The molecule has 0 saturated heterocycles. The molecule has 0 radical (unpaired) electrons. The predicted molar refractivity (Wildman–Crippen MR) is 197 cm³/mol. The van der Waals surface area contributed by atoms with E-state index < -0.39 is 0 Å². The smallest absolute Gasteiger partial charge is 0.0256 e. The van der Waals surface area contributed by atoms with Gasteiger partial charge in [0.2, 0.25) is 0 Å². The number of hydrogen-bond acceptors (Lipinski definition) is 1. The van der Waals surface area contributed by atoms with Crippen LogP contribution in [-0.4, -0.2) is 6.21 Å². The summed E-state index contributed by atoms with van der Waals surface area (Å²) in [6.45, 7) is 25.0. The fraction of sp³-hybridized carbons (Fsp3) is 0.0465. The minimum Gasteiger partial charge on any atom is -0.308 e. The van der Waals surface area contributed by atoms with Gasteiger partial charge in [-0.2, -0.15) is 0 Å². The van der Waals surface area contributed by atoms with Crippen LogP contribution in [0.15, 0.2) is 129 Å². The molecule has 5 aromatic rings. The number of allylic oxidation sites excluding steroid dienone is 3. The lowest BCUT2D eigenvalue weighted by atomic mass is 9.80. The van der Waals surface area contributed by atoms with Crippen LogP contribution < -0.4 is 0 Å². The Morgan fingerprint density at radius 2 is 1.09 bits per heavy atom. The molecule has 0 unspecified atom stereocenters. The summed E-state index contributed by atoms with van der Waals surface area (Å²) in [5.41, 5.74) is 14.6. The second-order valence-electron chi connectivity index (χ2n) is 11.0. The fourth-order valence-electron chi connectivity index (χ4n) is 6.09. The maximum absolute atomic E-state index is 7.90. The molecule has 1 heteroatoms. The second kappa shape index (κ2) is 12.8. The maximum atomic E-state index is 7.90. The Bertz CT molecular complexity index is 1990. The largest absolute Gasteiger partial charge is 0.308 e. The Balaban J connectivity index is 1.81. The first-order valence-corrected chi connectivity index (χ1v) is 14.7. The number of aryl methyl sites for hydroxylation is 1. The van der Waals surface area contributed by atoms with E-state index in [1.54, 1.807) is 0 Å². The van der Waals surface area contributed by atoms with Crippen LogP contribution in [0.2, 0.25) is 0 Å². The van der Waals surface area contributed by atoms with Crippen molar-refractivity contribution in [1.82, 2.24) is 0 Å². The van der Waals surface area contributed by atoms with Crippen molar-refractivity contribution in [2.24, 2.45) is 0 Å². The molecule has 1 N–H and O–H groups in total. The summed E-state index contributed by atoms with van der Waals surface area (Å²) in [6, 6.07) is 29.9. The van der Waals surface area contributed by atoms with E-state index in [0.29, 0.717) is 0 Å². The molecule has 44 heavy (non-hydrogen) atoms. The fourth-order valence-corrected chi connectivity index (χ4v) is 6.09. The van der Waals surface area contributed by atoms with Gasteiger partial charge in [-0.3, -0.25) is 0 Å². The summed E-state index contributed by atoms with van der Waals surface area (Å²) in [5, 5.41) is 10.1. The third-order valence-corrected chi connectivity index (χ3v) is 8.09.